The minimum absolute atomic E-state index is 0.252. The Morgan fingerprint density at radius 3 is 2.14 bits per heavy atom. The van der Waals surface area contributed by atoms with Crippen molar-refractivity contribution in [3.8, 4) is 11.1 Å². The minimum Gasteiger partial charge on any atom is -0.279 e. The van der Waals surface area contributed by atoms with Crippen LogP contribution in [0.5, 0.6) is 0 Å². The Balaban J connectivity index is 1.85. The molecule has 140 valence electrons. The normalized spacial score (nSPS) is 11.5. The number of aryl methyl sites for hydroxylation is 2. The molecule has 0 spiro atoms. The van der Waals surface area contributed by atoms with Crippen molar-refractivity contribution in [1.29, 1.82) is 0 Å². The van der Waals surface area contributed by atoms with E-state index >= 15 is 0 Å². The molecule has 0 bridgehead atoms. The summed E-state index contributed by atoms with van der Waals surface area (Å²) in [6.07, 6.45) is 0. The van der Waals surface area contributed by atoms with Crippen molar-refractivity contribution in [3.63, 3.8) is 0 Å². The van der Waals surface area contributed by atoms with Gasteiger partial charge in [0.1, 0.15) is 0 Å². The number of hydrogen-bond donors (Lipinski definition) is 1. The van der Waals surface area contributed by atoms with E-state index in [1.54, 1.807) is 24.3 Å². The molecule has 0 atom stereocenters. The van der Waals surface area contributed by atoms with Crippen molar-refractivity contribution >= 4 is 26.5 Å². The number of nitrogens with one attached hydrogen (secondary N) is 1. The summed E-state index contributed by atoms with van der Waals surface area (Å²) >= 11 is 0. The van der Waals surface area contributed by atoms with Gasteiger partial charge in [-0.2, -0.15) is 0 Å². The lowest BCUT2D eigenvalue weighted by Gasteiger charge is -2.15. The van der Waals surface area contributed by atoms with Gasteiger partial charge in [0.15, 0.2) is 0 Å². The van der Waals surface area contributed by atoms with E-state index in [1.165, 1.54) is 0 Å². The Labute approximate surface area is 165 Å². The fourth-order valence-corrected chi connectivity index (χ4v) is 4.43. The van der Waals surface area contributed by atoms with Gasteiger partial charge in [-0.25, -0.2) is 8.42 Å². The van der Waals surface area contributed by atoms with Crippen LogP contribution in [0.4, 0.5) is 5.69 Å². The lowest BCUT2D eigenvalue weighted by atomic mass is 9.96. The summed E-state index contributed by atoms with van der Waals surface area (Å²) in [7, 11) is -3.68. The van der Waals surface area contributed by atoms with E-state index in [1.807, 2.05) is 56.3 Å². The van der Waals surface area contributed by atoms with Gasteiger partial charge >= 0.3 is 0 Å². The van der Waals surface area contributed by atoms with Crippen molar-refractivity contribution in [2.45, 2.75) is 18.7 Å². The molecule has 4 aromatic rings. The standard InChI is InChI=1S/C24H21NO2S/c1-17-10-13-20(14-11-17)28(26,27)25-24-15-12-18(2)16-23(24)22-9-5-7-19-6-3-4-8-21(19)22/h3-16,25H,1-2H3. The molecule has 0 unspecified atom stereocenters. The highest BCUT2D eigenvalue weighted by atomic mass is 32.2. The third kappa shape index (κ3) is 3.51. The van der Waals surface area contributed by atoms with Crippen LogP contribution in [0.2, 0.25) is 0 Å². The molecule has 0 aliphatic heterocycles. The molecular formula is C24H21NO2S. The topological polar surface area (TPSA) is 46.2 Å². The van der Waals surface area contributed by atoms with Crippen molar-refractivity contribution in [3.05, 3.63) is 96.1 Å². The van der Waals surface area contributed by atoms with E-state index in [2.05, 4.69) is 22.9 Å². The zero-order chi connectivity index (χ0) is 19.7. The van der Waals surface area contributed by atoms with Crippen LogP contribution in [0, 0.1) is 13.8 Å². The smallest absolute Gasteiger partial charge is 0.261 e. The van der Waals surface area contributed by atoms with Gasteiger partial charge in [0.05, 0.1) is 10.6 Å². The zero-order valence-electron chi connectivity index (χ0n) is 15.8. The Kier molecular flexibility index (Phi) is 4.65. The first-order valence-electron chi connectivity index (χ1n) is 9.12. The van der Waals surface area contributed by atoms with Crippen LogP contribution in [0.15, 0.2) is 89.8 Å². The van der Waals surface area contributed by atoms with Crippen molar-refractivity contribution < 1.29 is 8.42 Å². The van der Waals surface area contributed by atoms with Crippen molar-refractivity contribution in [2.75, 3.05) is 4.72 Å². The lowest BCUT2D eigenvalue weighted by molar-refractivity contribution is 0.601. The number of hydrogen-bond acceptors (Lipinski definition) is 2. The van der Waals surface area contributed by atoms with Crippen LogP contribution in [0.1, 0.15) is 11.1 Å². The average Bonchev–Trinajstić information content (AvgIpc) is 2.69. The van der Waals surface area contributed by atoms with Gasteiger partial charge in [0, 0.05) is 5.56 Å². The predicted octanol–water partition coefficient (Wildman–Crippen LogP) is 5.92. The summed E-state index contributed by atoms with van der Waals surface area (Å²) in [6.45, 7) is 3.94. The van der Waals surface area contributed by atoms with E-state index < -0.39 is 10.0 Å². The predicted molar refractivity (Wildman–Crippen MR) is 116 cm³/mol. The number of benzene rings is 4. The van der Waals surface area contributed by atoms with Crippen LogP contribution in [-0.2, 0) is 10.0 Å². The largest absolute Gasteiger partial charge is 0.279 e. The van der Waals surface area contributed by atoms with Crippen LogP contribution < -0.4 is 4.72 Å². The first kappa shape index (κ1) is 18.3. The molecule has 0 aliphatic rings. The highest BCUT2D eigenvalue weighted by molar-refractivity contribution is 7.92. The second kappa shape index (κ2) is 7.13. The second-order valence-corrected chi connectivity index (χ2v) is 8.68. The minimum atomic E-state index is -3.68. The molecule has 0 radical (unpaired) electrons. The van der Waals surface area contributed by atoms with Crippen LogP contribution >= 0.6 is 0 Å². The van der Waals surface area contributed by atoms with Crippen LogP contribution in [0.25, 0.3) is 21.9 Å². The molecule has 0 heterocycles. The number of rotatable bonds is 4. The summed E-state index contributed by atoms with van der Waals surface area (Å²) in [4.78, 5) is 0.252. The second-order valence-electron chi connectivity index (χ2n) is 6.99. The molecule has 4 aromatic carbocycles. The first-order chi connectivity index (χ1) is 13.4. The highest BCUT2D eigenvalue weighted by Gasteiger charge is 2.17. The quantitative estimate of drug-likeness (QED) is 0.472. The number of anilines is 1. The van der Waals surface area contributed by atoms with Gasteiger partial charge in [0.2, 0.25) is 0 Å². The van der Waals surface area contributed by atoms with Gasteiger partial charge in [0.25, 0.3) is 10.0 Å². The van der Waals surface area contributed by atoms with E-state index in [9.17, 15) is 8.42 Å². The van der Waals surface area contributed by atoms with Gasteiger partial charge in [-0.15, -0.1) is 0 Å². The molecule has 4 rings (SSSR count). The van der Waals surface area contributed by atoms with E-state index in [4.69, 9.17) is 0 Å². The lowest BCUT2D eigenvalue weighted by Crippen LogP contribution is -2.13. The maximum atomic E-state index is 12.9. The molecule has 1 N–H and O–H groups in total. The van der Waals surface area contributed by atoms with E-state index in [-0.39, 0.29) is 4.90 Å². The average molecular weight is 388 g/mol. The Bertz CT molecular complexity index is 1250. The van der Waals surface area contributed by atoms with Gasteiger partial charge in [-0.1, -0.05) is 71.8 Å². The third-order valence-corrected chi connectivity index (χ3v) is 6.21. The Morgan fingerprint density at radius 1 is 0.679 bits per heavy atom. The van der Waals surface area contributed by atoms with Gasteiger partial charge in [-0.05, 0) is 54.4 Å². The zero-order valence-corrected chi connectivity index (χ0v) is 16.6. The molecule has 0 saturated carbocycles. The van der Waals surface area contributed by atoms with Crippen molar-refractivity contribution in [2.24, 2.45) is 0 Å². The maximum absolute atomic E-state index is 12.9. The molecule has 0 aromatic heterocycles. The summed E-state index contributed by atoms with van der Waals surface area (Å²) in [5.74, 6) is 0. The van der Waals surface area contributed by atoms with Crippen LogP contribution in [-0.4, -0.2) is 8.42 Å². The summed E-state index contributed by atoms with van der Waals surface area (Å²) in [5, 5.41) is 2.21. The molecule has 0 amide bonds. The fourth-order valence-electron chi connectivity index (χ4n) is 3.35. The molecule has 0 fully saturated rings. The fraction of sp³-hybridized carbons (Fsp3) is 0.0833. The maximum Gasteiger partial charge on any atom is 0.261 e. The Hall–Kier alpha value is -3.11. The summed E-state index contributed by atoms with van der Waals surface area (Å²) in [6, 6.07) is 26.8. The van der Waals surface area contributed by atoms with Gasteiger partial charge < -0.3 is 0 Å². The Morgan fingerprint density at radius 2 is 1.36 bits per heavy atom. The van der Waals surface area contributed by atoms with E-state index in [0.29, 0.717) is 5.69 Å². The first-order valence-corrected chi connectivity index (χ1v) is 10.6. The molecule has 3 nitrogen and oxygen atoms in total. The summed E-state index contributed by atoms with van der Waals surface area (Å²) < 4.78 is 28.7. The van der Waals surface area contributed by atoms with Crippen LogP contribution in [0.3, 0.4) is 0 Å². The molecule has 28 heavy (non-hydrogen) atoms. The third-order valence-electron chi connectivity index (χ3n) is 4.83. The van der Waals surface area contributed by atoms with Gasteiger partial charge in [-0.3, -0.25) is 4.72 Å². The highest BCUT2D eigenvalue weighted by Crippen LogP contribution is 2.35. The van der Waals surface area contributed by atoms with Crippen molar-refractivity contribution in [1.82, 2.24) is 0 Å². The SMILES string of the molecule is Cc1ccc(S(=O)(=O)Nc2ccc(C)cc2-c2cccc3ccccc23)cc1. The van der Waals surface area contributed by atoms with E-state index in [0.717, 1.165) is 33.0 Å². The summed E-state index contributed by atoms with van der Waals surface area (Å²) in [5.41, 5.74) is 4.53. The molecular weight excluding hydrogens is 366 g/mol. The molecule has 0 aliphatic carbocycles. The number of sulfonamides is 1. The number of fused-ring (bicyclic) bond motifs is 1. The monoisotopic (exact) mass is 387 g/mol. The molecule has 0 saturated heterocycles. The molecule has 4 heteroatoms.